The number of hydrogen-bond acceptors (Lipinski definition) is 5. The zero-order valence-electron chi connectivity index (χ0n) is 9.58. The van der Waals surface area contributed by atoms with Gasteiger partial charge in [0.15, 0.2) is 5.16 Å². The van der Waals surface area contributed by atoms with E-state index in [2.05, 4.69) is 15.2 Å². The van der Waals surface area contributed by atoms with Gasteiger partial charge in [0.05, 0.1) is 12.7 Å². The van der Waals surface area contributed by atoms with E-state index in [9.17, 15) is 4.79 Å². The lowest BCUT2D eigenvalue weighted by Gasteiger charge is -2.08. The van der Waals surface area contributed by atoms with Crippen LogP contribution in [-0.4, -0.2) is 33.4 Å². The lowest BCUT2D eigenvalue weighted by molar-refractivity contribution is 0.0696. The number of nitrogens with zero attached hydrogens (tertiary/aromatic N) is 2. The molecule has 0 bridgehead atoms. The SMILES string of the molecule is COc1ccc(C(=O)O)cc1CSc1ncn[nH]1. The number of carboxylic acid groups (broad SMARTS) is 1. The largest absolute Gasteiger partial charge is 0.496 e. The number of ether oxygens (including phenoxy) is 1. The van der Waals surface area contributed by atoms with Crippen LogP contribution < -0.4 is 4.74 Å². The summed E-state index contributed by atoms with van der Waals surface area (Å²) in [6, 6.07) is 4.77. The van der Waals surface area contributed by atoms with Crippen LogP contribution >= 0.6 is 11.8 Å². The number of thioether (sulfide) groups is 1. The standard InChI is InChI=1S/C11H11N3O3S/c1-17-9-3-2-7(10(15)16)4-8(9)5-18-11-12-6-13-14-11/h2-4,6H,5H2,1H3,(H,15,16)(H,12,13,14). The summed E-state index contributed by atoms with van der Waals surface area (Å²) >= 11 is 1.43. The van der Waals surface area contributed by atoms with Crippen molar-refractivity contribution in [3.05, 3.63) is 35.7 Å². The zero-order valence-corrected chi connectivity index (χ0v) is 10.4. The summed E-state index contributed by atoms with van der Waals surface area (Å²) in [4.78, 5) is 14.9. The first-order chi connectivity index (χ1) is 8.70. The molecule has 0 aliphatic heterocycles. The fourth-order valence-electron chi connectivity index (χ4n) is 1.43. The quantitative estimate of drug-likeness (QED) is 0.801. The van der Waals surface area contributed by atoms with Gasteiger partial charge in [-0.05, 0) is 18.2 Å². The molecule has 94 valence electrons. The fourth-order valence-corrected chi connectivity index (χ4v) is 2.19. The predicted molar refractivity (Wildman–Crippen MR) is 65.9 cm³/mol. The molecule has 18 heavy (non-hydrogen) atoms. The van der Waals surface area contributed by atoms with E-state index in [1.807, 2.05) is 0 Å². The van der Waals surface area contributed by atoms with Crippen LogP contribution in [-0.2, 0) is 5.75 Å². The Hall–Kier alpha value is -2.02. The van der Waals surface area contributed by atoms with Gasteiger partial charge in [-0.2, -0.15) is 5.10 Å². The normalized spacial score (nSPS) is 10.3. The highest BCUT2D eigenvalue weighted by Gasteiger charge is 2.10. The van der Waals surface area contributed by atoms with Crippen molar-refractivity contribution in [2.24, 2.45) is 0 Å². The average molecular weight is 265 g/mol. The van der Waals surface area contributed by atoms with E-state index in [1.54, 1.807) is 19.2 Å². The molecule has 0 atom stereocenters. The zero-order chi connectivity index (χ0) is 13.0. The number of benzene rings is 1. The van der Waals surface area contributed by atoms with Crippen LogP contribution in [0.25, 0.3) is 0 Å². The second-order valence-electron chi connectivity index (χ2n) is 3.41. The highest BCUT2D eigenvalue weighted by atomic mass is 32.2. The lowest BCUT2D eigenvalue weighted by Crippen LogP contribution is -1.99. The van der Waals surface area contributed by atoms with Gasteiger partial charge >= 0.3 is 5.97 Å². The third-order valence-corrected chi connectivity index (χ3v) is 3.21. The van der Waals surface area contributed by atoms with Gasteiger partial charge < -0.3 is 9.84 Å². The average Bonchev–Trinajstić information content (AvgIpc) is 2.89. The molecular weight excluding hydrogens is 254 g/mol. The number of aromatic carboxylic acids is 1. The Morgan fingerprint density at radius 3 is 3.00 bits per heavy atom. The van der Waals surface area contributed by atoms with E-state index < -0.39 is 5.97 Å². The Bertz CT molecular complexity index is 542. The molecule has 0 saturated carbocycles. The summed E-state index contributed by atoms with van der Waals surface area (Å²) in [5.74, 6) is 0.259. The van der Waals surface area contributed by atoms with E-state index in [0.717, 1.165) is 5.56 Å². The topological polar surface area (TPSA) is 88.1 Å². The fraction of sp³-hybridized carbons (Fsp3) is 0.182. The van der Waals surface area contributed by atoms with Crippen LogP contribution in [0.15, 0.2) is 29.7 Å². The van der Waals surface area contributed by atoms with E-state index in [4.69, 9.17) is 9.84 Å². The van der Waals surface area contributed by atoms with Gasteiger partial charge in [0.25, 0.3) is 0 Å². The van der Waals surface area contributed by atoms with Gasteiger partial charge in [0.1, 0.15) is 12.1 Å². The molecule has 1 aromatic carbocycles. The molecule has 1 heterocycles. The molecule has 0 fully saturated rings. The second kappa shape index (κ2) is 5.54. The molecule has 0 aliphatic carbocycles. The summed E-state index contributed by atoms with van der Waals surface area (Å²) in [5, 5.41) is 16.1. The first-order valence-corrected chi connectivity index (χ1v) is 6.07. The van der Waals surface area contributed by atoms with Crippen LogP contribution in [0.5, 0.6) is 5.75 Å². The van der Waals surface area contributed by atoms with Crippen LogP contribution in [0.4, 0.5) is 0 Å². The third kappa shape index (κ3) is 2.80. The molecule has 2 rings (SSSR count). The molecule has 0 spiro atoms. The Morgan fingerprint density at radius 2 is 2.39 bits per heavy atom. The molecule has 0 radical (unpaired) electrons. The number of carboxylic acids is 1. The number of methoxy groups -OCH3 is 1. The maximum Gasteiger partial charge on any atom is 0.335 e. The van der Waals surface area contributed by atoms with Crippen molar-refractivity contribution < 1.29 is 14.6 Å². The van der Waals surface area contributed by atoms with Crippen molar-refractivity contribution >= 4 is 17.7 Å². The van der Waals surface area contributed by atoms with Gasteiger partial charge in [0.2, 0.25) is 0 Å². The molecule has 0 unspecified atom stereocenters. The number of aromatic amines is 1. The van der Waals surface area contributed by atoms with Gasteiger partial charge in [-0.3, -0.25) is 5.10 Å². The van der Waals surface area contributed by atoms with Gasteiger partial charge in [-0.25, -0.2) is 9.78 Å². The van der Waals surface area contributed by atoms with Gasteiger partial charge in [0, 0.05) is 11.3 Å². The summed E-state index contributed by atoms with van der Waals surface area (Å²) in [6.45, 7) is 0. The van der Waals surface area contributed by atoms with Crippen molar-refractivity contribution in [2.75, 3.05) is 7.11 Å². The second-order valence-corrected chi connectivity index (χ2v) is 4.38. The number of aromatic nitrogens is 3. The molecule has 1 aromatic heterocycles. The predicted octanol–water partition coefficient (Wildman–Crippen LogP) is 1.80. The maximum atomic E-state index is 10.9. The third-order valence-electron chi connectivity index (χ3n) is 2.28. The monoisotopic (exact) mass is 265 g/mol. The van der Waals surface area contributed by atoms with Crippen LogP contribution in [0.1, 0.15) is 15.9 Å². The van der Waals surface area contributed by atoms with Crippen LogP contribution in [0.2, 0.25) is 0 Å². The molecule has 0 amide bonds. The summed E-state index contributed by atoms with van der Waals surface area (Å²) in [6.07, 6.45) is 1.42. The number of H-pyrrole nitrogens is 1. The number of hydrogen-bond donors (Lipinski definition) is 2. The maximum absolute atomic E-state index is 10.9. The van der Waals surface area contributed by atoms with E-state index in [0.29, 0.717) is 16.7 Å². The summed E-state index contributed by atoms with van der Waals surface area (Å²) < 4.78 is 5.20. The highest BCUT2D eigenvalue weighted by molar-refractivity contribution is 7.98. The van der Waals surface area contributed by atoms with Crippen molar-refractivity contribution in [3.8, 4) is 5.75 Å². The Morgan fingerprint density at radius 1 is 1.56 bits per heavy atom. The molecule has 0 saturated heterocycles. The van der Waals surface area contributed by atoms with E-state index in [-0.39, 0.29) is 5.56 Å². The van der Waals surface area contributed by atoms with Crippen molar-refractivity contribution in [1.29, 1.82) is 0 Å². The minimum atomic E-state index is -0.955. The molecule has 2 aromatic rings. The minimum absolute atomic E-state index is 0.240. The summed E-state index contributed by atoms with van der Waals surface area (Å²) in [7, 11) is 1.55. The first-order valence-electron chi connectivity index (χ1n) is 5.09. The van der Waals surface area contributed by atoms with Crippen LogP contribution in [0.3, 0.4) is 0 Å². The van der Waals surface area contributed by atoms with Crippen LogP contribution in [0, 0.1) is 0 Å². The van der Waals surface area contributed by atoms with Gasteiger partial charge in [-0.1, -0.05) is 11.8 Å². The number of nitrogens with one attached hydrogen (secondary N) is 1. The Labute approximate surface area is 107 Å². The van der Waals surface area contributed by atoms with Crippen molar-refractivity contribution in [2.45, 2.75) is 10.9 Å². The summed E-state index contributed by atoms with van der Waals surface area (Å²) in [5.41, 5.74) is 1.04. The van der Waals surface area contributed by atoms with Crippen molar-refractivity contribution in [3.63, 3.8) is 0 Å². The van der Waals surface area contributed by atoms with E-state index in [1.165, 1.54) is 24.2 Å². The molecule has 2 N–H and O–H groups in total. The Kier molecular flexibility index (Phi) is 3.83. The number of carbonyl (C=O) groups is 1. The first kappa shape index (κ1) is 12.4. The van der Waals surface area contributed by atoms with Crippen molar-refractivity contribution in [1.82, 2.24) is 15.2 Å². The van der Waals surface area contributed by atoms with E-state index >= 15 is 0 Å². The van der Waals surface area contributed by atoms with Gasteiger partial charge in [-0.15, -0.1) is 0 Å². The lowest BCUT2D eigenvalue weighted by atomic mass is 10.1. The molecular formula is C11H11N3O3S. The minimum Gasteiger partial charge on any atom is -0.496 e. The Balaban J connectivity index is 2.18. The molecule has 0 aliphatic rings. The molecule has 6 nitrogen and oxygen atoms in total. The highest BCUT2D eigenvalue weighted by Crippen LogP contribution is 2.26. The smallest absolute Gasteiger partial charge is 0.335 e. The molecule has 7 heteroatoms. The number of rotatable bonds is 5.